The third-order valence-electron chi connectivity index (χ3n) is 4.74. The largest absolute Gasteiger partial charge is 0.326 e. The van der Waals surface area contributed by atoms with Crippen LogP contribution in [0.15, 0.2) is 18.2 Å². The van der Waals surface area contributed by atoms with Gasteiger partial charge >= 0.3 is 0 Å². The Labute approximate surface area is 117 Å². The summed E-state index contributed by atoms with van der Waals surface area (Å²) in [6, 6.07) is 8.36. The minimum absolute atomic E-state index is 0.295. The van der Waals surface area contributed by atoms with Gasteiger partial charge in [0.05, 0.1) is 6.04 Å². The second kappa shape index (κ2) is 5.26. The second-order valence-electron chi connectivity index (χ2n) is 6.43. The van der Waals surface area contributed by atoms with Crippen LogP contribution in [0.5, 0.6) is 0 Å². The summed E-state index contributed by atoms with van der Waals surface area (Å²) < 4.78 is 0. The standard InChI is InChI=1S/C17H26N2/c1-12-6-7-13(2)15(11-12)17-16(18)5-3-4-10-19(17)14-8-9-14/h6-7,11,14,16-17H,3-5,8-10,18H2,1-2H3. The highest BCUT2D eigenvalue weighted by molar-refractivity contribution is 5.34. The first-order valence-corrected chi connectivity index (χ1v) is 7.75. The summed E-state index contributed by atoms with van der Waals surface area (Å²) in [6.45, 7) is 5.65. The van der Waals surface area contributed by atoms with Crippen LogP contribution in [0.1, 0.15) is 54.8 Å². The molecule has 0 radical (unpaired) electrons. The van der Waals surface area contributed by atoms with E-state index in [1.165, 1.54) is 55.3 Å². The zero-order valence-electron chi connectivity index (χ0n) is 12.2. The summed E-state index contributed by atoms with van der Waals surface area (Å²) in [6.07, 6.45) is 6.50. The van der Waals surface area contributed by atoms with Crippen LogP contribution in [0, 0.1) is 13.8 Å². The van der Waals surface area contributed by atoms with Crippen molar-refractivity contribution in [2.75, 3.05) is 6.54 Å². The van der Waals surface area contributed by atoms with Gasteiger partial charge in [-0.05, 0) is 57.2 Å². The number of benzene rings is 1. The molecule has 104 valence electrons. The molecule has 19 heavy (non-hydrogen) atoms. The van der Waals surface area contributed by atoms with Crippen molar-refractivity contribution in [3.63, 3.8) is 0 Å². The van der Waals surface area contributed by atoms with Crippen LogP contribution in [0.25, 0.3) is 0 Å². The highest BCUT2D eigenvalue weighted by Crippen LogP contribution is 2.39. The highest BCUT2D eigenvalue weighted by atomic mass is 15.2. The van der Waals surface area contributed by atoms with Crippen molar-refractivity contribution in [3.05, 3.63) is 34.9 Å². The van der Waals surface area contributed by atoms with E-state index in [1.807, 2.05) is 0 Å². The van der Waals surface area contributed by atoms with Crippen LogP contribution >= 0.6 is 0 Å². The predicted octanol–water partition coefficient (Wildman–Crippen LogP) is 3.32. The maximum atomic E-state index is 6.54. The van der Waals surface area contributed by atoms with Crippen molar-refractivity contribution in [3.8, 4) is 0 Å². The Balaban J connectivity index is 1.98. The molecular weight excluding hydrogens is 232 g/mol. The monoisotopic (exact) mass is 258 g/mol. The molecule has 2 aliphatic rings. The fraction of sp³-hybridized carbons (Fsp3) is 0.647. The van der Waals surface area contributed by atoms with Crippen molar-refractivity contribution in [2.45, 2.75) is 64.1 Å². The van der Waals surface area contributed by atoms with Gasteiger partial charge < -0.3 is 5.73 Å². The first-order valence-electron chi connectivity index (χ1n) is 7.75. The minimum atomic E-state index is 0.295. The topological polar surface area (TPSA) is 29.3 Å². The van der Waals surface area contributed by atoms with Gasteiger partial charge in [0.1, 0.15) is 0 Å². The van der Waals surface area contributed by atoms with Gasteiger partial charge in [0.25, 0.3) is 0 Å². The molecule has 0 bridgehead atoms. The molecule has 1 saturated heterocycles. The summed E-state index contributed by atoms with van der Waals surface area (Å²) in [5, 5.41) is 0. The van der Waals surface area contributed by atoms with Gasteiger partial charge in [-0.15, -0.1) is 0 Å². The van der Waals surface area contributed by atoms with E-state index < -0.39 is 0 Å². The molecule has 1 aliphatic carbocycles. The van der Waals surface area contributed by atoms with Gasteiger partial charge in [-0.2, -0.15) is 0 Å². The lowest BCUT2D eigenvalue weighted by atomic mass is 9.91. The normalized spacial score (nSPS) is 29.2. The summed E-state index contributed by atoms with van der Waals surface area (Å²) in [5.74, 6) is 0. The molecule has 2 nitrogen and oxygen atoms in total. The fourth-order valence-corrected chi connectivity index (χ4v) is 3.52. The van der Waals surface area contributed by atoms with E-state index in [1.54, 1.807) is 0 Å². The Bertz CT molecular complexity index is 451. The molecule has 3 rings (SSSR count). The Morgan fingerprint density at radius 3 is 2.63 bits per heavy atom. The third kappa shape index (κ3) is 2.70. The number of hydrogen-bond acceptors (Lipinski definition) is 2. The second-order valence-corrected chi connectivity index (χ2v) is 6.43. The molecule has 2 heteroatoms. The number of nitrogens with zero attached hydrogens (tertiary/aromatic N) is 1. The summed E-state index contributed by atoms with van der Waals surface area (Å²) >= 11 is 0. The molecule has 2 fully saturated rings. The number of nitrogens with two attached hydrogens (primary N) is 1. The average molecular weight is 258 g/mol. The number of hydrogen-bond donors (Lipinski definition) is 1. The van der Waals surface area contributed by atoms with Crippen LogP contribution in [-0.2, 0) is 0 Å². The predicted molar refractivity (Wildman–Crippen MR) is 80.2 cm³/mol. The zero-order chi connectivity index (χ0) is 13.4. The van der Waals surface area contributed by atoms with Crippen LogP contribution in [0.2, 0.25) is 0 Å². The lowest BCUT2D eigenvalue weighted by Gasteiger charge is -2.35. The molecule has 1 saturated carbocycles. The van der Waals surface area contributed by atoms with Gasteiger partial charge in [-0.1, -0.05) is 30.2 Å². The van der Waals surface area contributed by atoms with E-state index in [0.717, 1.165) is 6.04 Å². The Morgan fingerprint density at radius 2 is 1.89 bits per heavy atom. The van der Waals surface area contributed by atoms with Crippen molar-refractivity contribution < 1.29 is 0 Å². The van der Waals surface area contributed by atoms with Crippen molar-refractivity contribution in [2.24, 2.45) is 5.73 Å². The lowest BCUT2D eigenvalue weighted by Crippen LogP contribution is -2.41. The summed E-state index contributed by atoms with van der Waals surface area (Å²) in [4.78, 5) is 2.71. The molecular formula is C17H26N2. The van der Waals surface area contributed by atoms with Gasteiger partial charge in [-0.3, -0.25) is 4.90 Å². The van der Waals surface area contributed by atoms with E-state index in [0.29, 0.717) is 12.1 Å². The smallest absolute Gasteiger partial charge is 0.0504 e. The molecule has 0 spiro atoms. The van der Waals surface area contributed by atoms with E-state index in [-0.39, 0.29) is 0 Å². The molecule has 1 aliphatic heterocycles. The number of rotatable bonds is 2. The average Bonchev–Trinajstić information content (AvgIpc) is 3.19. The number of aryl methyl sites for hydroxylation is 2. The molecule has 2 N–H and O–H groups in total. The first kappa shape index (κ1) is 13.1. The molecule has 0 amide bonds. The van der Waals surface area contributed by atoms with E-state index in [2.05, 4.69) is 36.9 Å². The highest BCUT2D eigenvalue weighted by Gasteiger charge is 2.38. The minimum Gasteiger partial charge on any atom is -0.326 e. The lowest BCUT2D eigenvalue weighted by molar-refractivity contribution is 0.175. The maximum absolute atomic E-state index is 6.54. The van der Waals surface area contributed by atoms with Crippen LogP contribution in [0.3, 0.4) is 0 Å². The Morgan fingerprint density at radius 1 is 1.11 bits per heavy atom. The van der Waals surface area contributed by atoms with Crippen molar-refractivity contribution in [1.29, 1.82) is 0 Å². The van der Waals surface area contributed by atoms with Crippen LogP contribution < -0.4 is 5.73 Å². The summed E-state index contributed by atoms with van der Waals surface area (Å²) in [7, 11) is 0. The molecule has 1 aromatic carbocycles. The van der Waals surface area contributed by atoms with Gasteiger partial charge in [0, 0.05) is 12.1 Å². The summed E-state index contributed by atoms with van der Waals surface area (Å²) in [5.41, 5.74) is 10.8. The fourth-order valence-electron chi connectivity index (χ4n) is 3.52. The van der Waals surface area contributed by atoms with E-state index in [9.17, 15) is 0 Å². The quantitative estimate of drug-likeness (QED) is 0.881. The van der Waals surface area contributed by atoms with Crippen LogP contribution in [0.4, 0.5) is 0 Å². The third-order valence-corrected chi connectivity index (χ3v) is 4.74. The maximum Gasteiger partial charge on any atom is 0.0504 e. The first-order chi connectivity index (χ1) is 9.16. The van der Waals surface area contributed by atoms with Crippen LogP contribution in [-0.4, -0.2) is 23.5 Å². The van der Waals surface area contributed by atoms with Gasteiger partial charge in [0.2, 0.25) is 0 Å². The molecule has 1 heterocycles. The van der Waals surface area contributed by atoms with Gasteiger partial charge in [0.15, 0.2) is 0 Å². The van der Waals surface area contributed by atoms with E-state index >= 15 is 0 Å². The zero-order valence-corrected chi connectivity index (χ0v) is 12.2. The molecule has 0 aromatic heterocycles. The Hall–Kier alpha value is -0.860. The van der Waals surface area contributed by atoms with Crippen molar-refractivity contribution >= 4 is 0 Å². The number of likely N-dealkylation sites (tertiary alicyclic amines) is 1. The van der Waals surface area contributed by atoms with Crippen molar-refractivity contribution in [1.82, 2.24) is 4.90 Å². The van der Waals surface area contributed by atoms with E-state index in [4.69, 9.17) is 5.73 Å². The van der Waals surface area contributed by atoms with Gasteiger partial charge in [-0.25, -0.2) is 0 Å². The molecule has 1 aromatic rings. The SMILES string of the molecule is Cc1ccc(C)c(C2C(N)CCCCN2C2CC2)c1. The molecule has 2 unspecified atom stereocenters. The molecule has 2 atom stereocenters. The Kier molecular flexibility index (Phi) is 3.64.